The predicted molar refractivity (Wildman–Crippen MR) is 89.7 cm³/mol. The molecule has 0 bridgehead atoms. The molecule has 0 spiro atoms. The molecule has 118 valence electrons. The molecule has 1 N–H and O–H groups in total. The molecule has 3 nitrogen and oxygen atoms in total. The molecule has 0 amide bonds. The van der Waals surface area contributed by atoms with Crippen molar-refractivity contribution in [2.45, 2.75) is 52.3 Å². The first-order valence-corrected chi connectivity index (χ1v) is 8.12. The van der Waals surface area contributed by atoms with E-state index in [9.17, 15) is 0 Å². The monoisotopic (exact) mass is 290 g/mol. The van der Waals surface area contributed by atoms with E-state index in [1.807, 2.05) is 0 Å². The van der Waals surface area contributed by atoms with Crippen molar-refractivity contribution in [3.8, 4) is 0 Å². The molecule has 1 aromatic rings. The van der Waals surface area contributed by atoms with Gasteiger partial charge in [-0.15, -0.1) is 0 Å². The molecule has 3 unspecified atom stereocenters. The van der Waals surface area contributed by atoms with Gasteiger partial charge in [-0.25, -0.2) is 0 Å². The molecule has 1 aromatic carbocycles. The van der Waals surface area contributed by atoms with Crippen LogP contribution in [0.5, 0.6) is 0 Å². The minimum Gasteiger partial charge on any atom is -0.381 e. The number of hydrogen-bond donors (Lipinski definition) is 1. The lowest BCUT2D eigenvalue weighted by atomic mass is 9.61. The molecule has 21 heavy (non-hydrogen) atoms. The highest BCUT2D eigenvalue weighted by Crippen LogP contribution is 2.47. The van der Waals surface area contributed by atoms with Crippen molar-refractivity contribution >= 4 is 5.69 Å². The lowest BCUT2D eigenvalue weighted by molar-refractivity contribution is -0.109. The van der Waals surface area contributed by atoms with E-state index in [1.165, 1.54) is 11.3 Å². The van der Waals surface area contributed by atoms with Gasteiger partial charge in [0.15, 0.2) is 0 Å². The zero-order valence-corrected chi connectivity index (χ0v) is 14.1. The van der Waals surface area contributed by atoms with Gasteiger partial charge in [0, 0.05) is 30.3 Å². The van der Waals surface area contributed by atoms with Gasteiger partial charge < -0.3 is 15.0 Å². The molecule has 2 rings (SSSR count). The third-order valence-electron chi connectivity index (χ3n) is 4.94. The van der Waals surface area contributed by atoms with Crippen molar-refractivity contribution in [1.29, 1.82) is 0 Å². The van der Waals surface area contributed by atoms with Gasteiger partial charge in [-0.3, -0.25) is 0 Å². The average molecular weight is 290 g/mol. The summed E-state index contributed by atoms with van der Waals surface area (Å²) >= 11 is 0. The molecule has 1 saturated carbocycles. The van der Waals surface area contributed by atoms with E-state index in [0.29, 0.717) is 12.1 Å². The number of ether oxygens (including phenoxy) is 1. The summed E-state index contributed by atoms with van der Waals surface area (Å²) in [6, 6.07) is 9.14. The number of benzene rings is 1. The molecular weight excluding hydrogens is 260 g/mol. The summed E-state index contributed by atoms with van der Waals surface area (Å²) in [6.07, 6.45) is 2.64. The second-order valence-corrected chi connectivity index (χ2v) is 6.63. The Morgan fingerprint density at radius 1 is 1.29 bits per heavy atom. The van der Waals surface area contributed by atoms with E-state index < -0.39 is 0 Å². The van der Waals surface area contributed by atoms with Crippen LogP contribution in [0, 0.1) is 5.41 Å². The van der Waals surface area contributed by atoms with Crippen LogP contribution in [0.3, 0.4) is 0 Å². The number of rotatable bonds is 7. The number of nitrogens with zero attached hydrogens (tertiary/aromatic N) is 1. The fourth-order valence-corrected chi connectivity index (χ4v) is 3.30. The van der Waals surface area contributed by atoms with Crippen LogP contribution in [0.4, 0.5) is 5.69 Å². The van der Waals surface area contributed by atoms with Gasteiger partial charge in [0.1, 0.15) is 0 Å². The van der Waals surface area contributed by atoms with Crippen LogP contribution in [-0.2, 0) is 11.3 Å². The van der Waals surface area contributed by atoms with Crippen molar-refractivity contribution in [2.75, 3.05) is 26.0 Å². The normalized spacial score (nSPS) is 28.5. The molecule has 0 heterocycles. The summed E-state index contributed by atoms with van der Waals surface area (Å²) in [6.45, 7) is 8.48. The first-order chi connectivity index (χ1) is 10.0. The average Bonchev–Trinajstić information content (AvgIpc) is 2.46. The fraction of sp³-hybridized carbons (Fsp3) is 0.667. The third-order valence-corrected chi connectivity index (χ3v) is 4.94. The molecule has 3 heteroatoms. The fourth-order valence-electron chi connectivity index (χ4n) is 3.30. The smallest absolute Gasteiger partial charge is 0.0667 e. The zero-order chi connectivity index (χ0) is 15.5. The number of nitrogens with one attached hydrogen (secondary N) is 1. The van der Waals surface area contributed by atoms with Crippen molar-refractivity contribution in [3.63, 3.8) is 0 Å². The lowest BCUT2D eigenvalue weighted by Gasteiger charge is -2.54. The molecule has 0 radical (unpaired) electrons. The second-order valence-electron chi connectivity index (χ2n) is 6.63. The van der Waals surface area contributed by atoms with Crippen LogP contribution in [0.15, 0.2) is 24.3 Å². The van der Waals surface area contributed by atoms with Crippen LogP contribution >= 0.6 is 0 Å². The lowest BCUT2D eigenvalue weighted by Crippen LogP contribution is -2.59. The Labute approximate surface area is 129 Å². The van der Waals surface area contributed by atoms with Gasteiger partial charge in [0.25, 0.3) is 0 Å². The van der Waals surface area contributed by atoms with E-state index in [-0.39, 0.29) is 5.41 Å². The van der Waals surface area contributed by atoms with Crippen molar-refractivity contribution in [1.82, 2.24) is 4.90 Å². The largest absolute Gasteiger partial charge is 0.381 e. The maximum Gasteiger partial charge on any atom is 0.0667 e. The van der Waals surface area contributed by atoms with Crippen molar-refractivity contribution in [2.24, 2.45) is 5.41 Å². The van der Waals surface area contributed by atoms with Crippen LogP contribution in [0.25, 0.3) is 0 Å². The Kier molecular flexibility index (Phi) is 5.28. The topological polar surface area (TPSA) is 24.5 Å². The summed E-state index contributed by atoms with van der Waals surface area (Å²) in [7, 11) is 4.23. The summed E-state index contributed by atoms with van der Waals surface area (Å²) < 4.78 is 5.90. The molecule has 3 atom stereocenters. The molecule has 1 aliphatic rings. The zero-order valence-electron chi connectivity index (χ0n) is 14.1. The summed E-state index contributed by atoms with van der Waals surface area (Å²) in [4.78, 5) is 2.21. The molecule has 0 saturated heterocycles. The summed E-state index contributed by atoms with van der Waals surface area (Å²) in [5.41, 5.74) is 2.87. The van der Waals surface area contributed by atoms with Crippen LogP contribution in [0.1, 0.15) is 39.2 Å². The molecular formula is C18H30N2O. The predicted octanol–water partition coefficient (Wildman–Crippen LogP) is 3.75. The number of anilines is 1. The standard InChI is InChI=1S/C18H30N2O/c1-6-18(3)16(12-17(18)21-7-2)19-15-11-9-8-10-14(15)13-20(4)5/h8-11,16-17,19H,6-7,12-13H2,1-5H3. The minimum atomic E-state index is 0.237. The van der Waals surface area contributed by atoms with Crippen molar-refractivity contribution in [3.05, 3.63) is 29.8 Å². The Morgan fingerprint density at radius 3 is 2.62 bits per heavy atom. The van der Waals surface area contributed by atoms with Crippen LogP contribution < -0.4 is 5.32 Å². The minimum absolute atomic E-state index is 0.237. The van der Waals surface area contributed by atoms with E-state index in [1.54, 1.807) is 0 Å². The maximum atomic E-state index is 5.90. The Bertz CT molecular complexity index is 460. The number of para-hydroxylation sites is 1. The molecule has 1 fully saturated rings. The van der Waals surface area contributed by atoms with E-state index in [2.05, 4.69) is 69.3 Å². The van der Waals surface area contributed by atoms with Gasteiger partial charge in [-0.1, -0.05) is 32.0 Å². The number of hydrogen-bond acceptors (Lipinski definition) is 3. The van der Waals surface area contributed by atoms with E-state index in [0.717, 1.165) is 26.0 Å². The highest BCUT2D eigenvalue weighted by Gasteiger charge is 2.51. The van der Waals surface area contributed by atoms with Crippen LogP contribution in [0.2, 0.25) is 0 Å². The Hall–Kier alpha value is -1.06. The van der Waals surface area contributed by atoms with Crippen LogP contribution in [-0.4, -0.2) is 37.7 Å². The molecule has 0 aliphatic heterocycles. The Balaban J connectivity index is 2.09. The quantitative estimate of drug-likeness (QED) is 0.827. The van der Waals surface area contributed by atoms with Crippen molar-refractivity contribution < 1.29 is 4.74 Å². The SMILES string of the molecule is CCOC1CC(Nc2ccccc2CN(C)C)C1(C)CC. The Morgan fingerprint density at radius 2 is 2.00 bits per heavy atom. The van der Waals surface area contributed by atoms with E-state index >= 15 is 0 Å². The first-order valence-electron chi connectivity index (χ1n) is 8.12. The van der Waals surface area contributed by atoms with Gasteiger partial charge in [-0.05, 0) is 45.5 Å². The first kappa shape index (κ1) is 16.3. The summed E-state index contributed by atoms with van der Waals surface area (Å²) in [5, 5.41) is 3.78. The highest BCUT2D eigenvalue weighted by atomic mass is 16.5. The van der Waals surface area contributed by atoms with Gasteiger partial charge in [0.05, 0.1) is 6.10 Å². The van der Waals surface area contributed by atoms with Gasteiger partial charge in [-0.2, -0.15) is 0 Å². The molecule has 1 aliphatic carbocycles. The van der Waals surface area contributed by atoms with Gasteiger partial charge >= 0.3 is 0 Å². The molecule has 0 aromatic heterocycles. The second kappa shape index (κ2) is 6.80. The highest BCUT2D eigenvalue weighted by molar-refractivity contribution is 5.52. The maximum absolute atomic E-state index is 5.90. The van der Waals surface area contributed by atoms with Gasteiger partial charge in [0.2, 0.25) is 0 Å². The third kappa shape index (κ3) is 3.41. The van der Waals surface area contributed by atoms with E-state index in [4.69, 9.17) is 4.74 Å². The summed E-state index contributed by atoms with van der Waals surface area (Å²) in [5.74, 6) is 0.